The third kappa shape index (κ3) is 3.65. The van der Waals surface area contributed by atoms with Crippen LogP contribution >= 0.6 is 0 Å². The highest BCUT2D eigenvalue weighted by Gasteiger charge is 2.15. The van der Waals surface area contributed by atoms with E-state index >= 15 is 0 Å². The van der Waals surface area contributed by atoms with Gasteiger partial charge in [0.2, 0.25) is 0 Å². The number of rotatable bonds is 4. The molecule has 0 fully saturated rings. The molecule has 0 saturated heterocycles. The van der Waals surface area contributed by atoms with Crippen LogP contribution in [0.25, 0.3) is 5.95 Å². The summed E-state index contributed by atoms with van der Waals surface area (Å²) >= 11 is 0. The molecule has 1 amide bonds. The van der Waals surface area contributed by atoms with E-state index in [0.717, 1.165) is 17.1 Å². The van der Waals surface area contributed by atoms with Gasteiger partial charge in [0.25, 0.3) is 11.9 Å². The minimum atomic E-state index is -0.260. The Morgan fingerprint density at radius 2 is 1.76 bits per heavy atom. The van der Waals surface area contributed by atoms with Gasteiger partial charge in [-0.1, -0.05) is 6.07 Å². The standard InChI is InChI=1S/C18H19N5O2/c1-11-8-12(2)20-18(19-11)23-16(9-13(3)22-23)21-17(24)14-6-5-7-15(10-14)25-4/h5-10H,1-4H3,(H,21,24). The number of hydrogen-bond donors (Lipinski definition) is 1. The second-order valence-corrected chi connectivity index (χ2v) is 5.72. The molecule has 0 unspecified atom stereocenters. The van der Waals surface area contributed by atoms with Crippen molar-refractivity contribution in [1.82, 2.24) is 19.7 Å². The maximum absolute atomic E-state index is 12.6. The fraction of sp³-hybridized carbons (Fsp3) is 0.222. The fourth-order valence-electron chi connectivity index (χ4n) is 2.50. The zero-order chi connectivity index (χ0) is 18.0. The number of carbonyl (C=O) groups is 1. The summed E-state index contributed by atoms with van der Waals surface area (Å²) in [5, 5.41) is 7.26. The topological polar surface area (TPSA) is 81.9 Å². The van der Waals surface area contributed by atoms with Gasteiger partial charge >= 0.3 is 0 Å². The Bertz CT molecular complexity index is 913. The molecule has 0 saturated carbocycles. The molecule has 1 N–H and O–H groups in total. The average Bonchev–Trinajstić information content (AvgIpc) is 2.94. The van der Waals surface area contributed by atoms with Crippen molar-refractivity contribution in [2.45, 2.75) is 20.8 Å². The van der Waals surface area contributed by atoms with Gasteiger partial charge in [-0.3, -0.25) is 4.79 Å². The van der Waals surface area contributed by atoms with Crippen LogP contribution in [-0.2, 0) is 0 Å². The van der Waals surface area contributed by atoms with Crippen LogP contribution in [0.1, 0.15) is 27.4 Å². The average molecular weight is 337 g/mol. The Morgan fingerprint density at radius 3 is 2.44 bits per heavy atom. The van der Waals surface area contributed by atoms with Crippen molar-refractivity contribution in [3.63, 3.8) is 0 Å². The first kappa shape index (κ1) is 16.6. The van der Waals surface area contributed by atoms with Crippen molar-refractivity contribution >= 4 is 11.7 Å². The summed E-state index contributed by atoms with van der Waals surface area (Å²) in [6.07, 6.45) is 0. The van der Waals surface area contributed by atoms with Crippen molar-refractivity contribution in [3.8, 4) is 11.7 Å². The summed E-state index contributed by atoms with van der Waals surface area (Å²) in [4.78, 5) is 21.4. The van der Waals surface area contributed by atoms with E-state index in [4.69, 9.17) is 4.74 Å². The second-order valence-electron chi connectivity index (χ2n) is 5.72. The molecule has 128 valence electrons. The van der Waals surface area contributed by atoms with Gasteiger partial charge in [0.1, 0.15) is 11.6 Å². The van der Waals surface area contributed by atoms with Gasteiger partial charge in [-0.2, -0.15) is 9.78 Å². The number of methoxy groups -OCH3 is 1. The Hall–Kier alpha value is -3.22. The molecule has 0 spiro atoms. The van der Waals surface area contributed by atoms with Crippen LogP contribution in [0.3, 0.4) is 0 Å². The summed E-state index contributed by atoms with van der Waals surface area (Å²) in [7, 11) is 1.56. The van der Waals surface area contributed by atoms with E-state index in [1.165, 1.54) is 4.68 Å². The number of hydrogen-bond acceptors (Lipinski definition) is 5. The highest BCUT2D eigenvalue weighted by atomic mass is 16.5. The molecular weight excluding hydrogens is 318 g/mol. The minimum Gasteiger partial charge on any atom is -0.497 e. The number of carbonyl (C=O) groups excluding carboxylic acids is 1. The van der Waals surface area contributed by atoms with Crippen molar-refractivity contribution in [3.05, 3.63) is 59.0 Å². The van der Waals surface area contributed by atoms with Gasteiger partial charge in [-0.15, -0.1) is 0 Å². The molecular formula is C18H19N5O2. The minimum absolute atomic E-state index is 0.260. The van der Waals surface area contributed by atoms with Crippen LogP contribution in [0.15, 0.2) is 36.4 Å². The normalized spacial score (nSPS) is 10.6. The van der Waals surface area contributed by atoms with Crippen LogP contribution in [0.4, 0.5) is 5.82 Å². The van der Waals surface area contributed by atoms with E-state index < -0.39 is 0 Å². The smallest absolute Gasteiger partial charge is 0.256 e. The predicted molar refractivity (Wildman–Crippen MR) is 94.3 cm³/mol. The van der Waals surface area contributed by atoms with Crippen molar-refractivity contribution in [2.75, 3.05) is 12.4 Å². The number of nitrogens with zero attached hydrogens (tertiary/aromatic N) is 4. The van der Waals surface area contributed by atoms with E-state index in [9.17, 15) is 4.79 Å². The van der Waals surface area contributed by atoms with E-state index in [1.54, 1.807) is 37.4 Å². The molecule has 7 heteroatoms. The van der Waals surface area contributed by atoms with Crippen LogP contribution in [0.2, 0.25) is 0 Å². The van der Waals surface area contributed by atoms with Gasteiger partial charge < -0.3 is 10.1 Å². The monoisotopic (exact) mass is 337 g/mol. The molecule has 0 atom stereocenters. The van der Waals surface area contributed by atoms with Crippen molar-refractivity contribution in [1.29, 1.82) is 0 Å². The van der Waals surface area contributed by atoms with Crippen LogP contribution in [0.5, 0.6) is 5.75 Å². The molecule has 0 aliphatic carbocycles. The molecule has 25 heavy (non-hydrogen) atoms. The Balaban J connectivity index is 1.94. The van der Waals surface area contributed by atoms with Crippen LogP contribution in [0, 0.1) is 20.8 Å². The lowest BCUT2D eigenvalue weighted by Gasteiger charge is -2.09. The maximum atomic E-state index is 12.6. The predicted octanol–water partition coefficient (Wildman–Crippen LogP) is 2.85. The summed E-state index contributed by atoms with van der Waals surface area (Å²) in [6, 6.07) is 10.6. The lowest BCUT2D eigenvalue weighted by atomic mass is 10.2. The second kappa shape index (κ2) is 6.72. The molecule has 0 aliphatic heterocycles. The molecule has 2 aromatic heterocycles. The van der Waals surface area contributed by atoms with Gasteiger partial charge in [-0.25, -0.2) is 9.97 Å². The Morgan fingerprint density at radius 1 is 1.04 bits per heavy atom. The summed E-state index contributed by atoms with van der Waals surface area (Å²) < 4.78 is 6.70. The molecule has 0 bridgehead atoms. The largest absolute Gasteiger partial charge is 0.497 e. The van der Waals surface area contributed by atoms with E-state index in [-0.39, 0.29) is 5.91 Å². The number of aromatic nitrogens is 4. The Kier molecular flexibility index (Phi) is 4.47. The Labute approximate surface area is 145 Å². The molecule has 1 aromatic carbocycles. The molecule has 0 aliphatic rings. The lowest BCUT2D eigenvalue weighted by molar-refractivity contribution is 0.102. The molecule has 3 rings (SSSR count). The number of aryl methyl sites for hydroxylation is 3. The number of nitrogens with one attached hydrogen (secondary N) is 1. The molecule has 0 radical (unpaired) electrons. The number of ether oxygens (including phenoxy) is 1. The number of amides is 1. The third-order valence-electron chi connectivity index (χ3n) is 3.56. The van der Waals surface area contributed by atoms with Gasteiger partial charge in [0, 0.05) is 23.0 Å². The van der Waals surface area contributed by atoms with E-state index in [2.05, 4.69) is 20.4 Å². The summed E-state index contributed by atoms with van der Waals surface area (Å²) in [5.74, 6) is 1.29. The maximum Gasteiger partial charge on any atom is 0.256 e. The summed E-state index contributed by atoms with van der Waals surface area (Å²) in [6.45, 7) is 5.63. The van der Waals surface area contributed by atoms with Gasteiger partial charge in [0.15, 0.2) is 0 Å². The van der Waals surface area contributed by atoms with Crippen molar-refractivity contribution in [2.24, 2.45) is 0 Å². The lowest BCUT2D eigenvalue weighted by Crippen LogP contribution is -2.16. The van der Waals surface area contributed by atoms with Gasteiger partial charge in [0.05, 0.1) is 12.8 Å². The molecule has 3 aromatic rings. The molecule has 2 heterocycles. The van der Waals surface area contributed by atoms with E-state index in [0.29, 0.717) is 23.1 Å². The van der Waals surface area contributed by atoms with Crippen LogP contribution in [-0.4, -0.2) is 32.8 Å². The quantitative estimate of drug-likeness (QED) is 0.791. The first-order valence-electron chi connectivity index (χ1n) is 7.81. The highest BCUT2D eigenvalue weighted by molar-refractivity contribution is 6.04. The summed E-state index contributed by atoms with van der Waals surface area (Å²) in [5.41, 5.74) is 2.91. The zero-order valence-corrected chi connectivity index (χ0v) is 14.6. The third-order valence-corrected chi connectivity index (χ3v) is 3.56. The number of benzene rings is 1. The zero-order valence-electron chi connectivity index (χ0n) is 14.6. The number of anilines is 1. The molecule has 7 nitrogen and oxygen atoms in total. The van der Waals surface area contributed by atoms with Gasteiger partial charge in [-0.05, 0) is 45.0 Å². The first-order chi connectivity index (χ1) is 12.0. The highest BCUT2D eigenvalue weighted by Crippen LogP contribution is 2.18. The fourth-order valence-corrected chi connectivity index (χ4v) is 2.50. The first-order valence-corrected chi connectivity index (χ1v) is 7.81. The van der Waals surface area contributed by atoms with Crippen LogP contribution < -0.4 is 10.1 Å². The van der Waals surface area contributed by atoms with Crippen molar-refractivity contribution < 1.29 is 9.53 Å². The SMILES string of the molecule is COc1cccc(C(=O)Nc2cc(C)nn2-c2nc(C)cc(C)n2)c1. The van der Waals surface area contributed by atoms with E-state index in [1.807, 2.05) is 26.8 Å².